The van der Waals surface area contributed by atoms with Crippen LogP contribution in [-0.4, -0.2) is 47.9 Å². The van der Waals surface area contributed by atoms with Crippen LogP contribution in [0.1, 0.15) is 11.1 Å². The molecule has 4 aromatic carbocycles. The maximum absolute atomic E-state index is 12.4. The summed E-state index contributed by atoms with van der Waals surface area (Å²) in [5.41, 5.74) is 6.94. The SMILES string of the molecule is COC(=O)C(Cc1ccccc1)NS(=O)(=O)c1ccc(Cl)cc1.NC(=O)C(Cc1ccccc1)NS(=O)(=O)c1ccc(Cl)cc1. The van der Waals surface area contributed by atoms with E-state index < -0.39 is 44.0 Å². The van der Waals surface area contributed by atoms with Crippen LogP contribution in [0.5, 0.6) is 0 Å². The second kappa shape index (κ2) is 16.5. The Kier molecular flexibility index (Phi) is 13.1. The van der Waals surface area contributed by atoms with Crippen LogP contribution in [0, 0.1) is 0 Å². The van der Waals surface area contributed by atoms with E-state index in [1.54, 1.807) is 24.3 Å². The zero-order chi connectivity index (χ0) is 33.0. The molecule has 0 bridgehead atoms. The second-order valence-corrected chi connectivity index (χ2v) is 13.9. The molecule has 4 N–H and O–H groups in total. The first-order valence-electron chi connectivity index (χ1n) is 13.3. The van der Waals surface area contributed by atoms with Crippen molar-refractivity contribution in [2.45, 2.75) is 34.7 Å². The Bertz CT molecular complexity index is 1770. The number of nitrogens with two attached hydrogens (primary N) is 1. The van der Waals surface area contributed by atoms with Gasteiger partial charge in [-0.25, -0.2) is 16.8 Å². The topological polar surface area (TPSA) is 162 Å². The molecule has 4 aromatic rings. The number of primary amides is 1. The fourth-order valence-electron chi connectivity index (χ4n) is 3.95. The summed E-state index contributed by atoms with van der Waals surface area (Å²) in [5.74, 6) is -1.38. The highest BCUT2D eigenvalue weighted by Gasteiger charge is 2.27. The van der Waals surface area contributed by atoms with Crippen molar-refractivity contribution in [3.05, 3.63) is 130 Å². The summed E-state index contributed by atoms with van der Waals surface area (Å²) in [6, 6.07) is 27.5. The molecule has 45 heavy (non-hydrogen) atoms. The van der Waals surface area contributed by atoms with Gasteiger partial charge in [-0.1, -0.05) is 83.9 Å². The summed E-state index contributed by atoms with van der Waals surface area (Å²) < 4.78 is 58.8. The number of carbonyl (C=O) groups is 2. The van der Waals surface area contributed by atoms with Crippen molar-refractivity contribution in [3.63, 3.8) is 0 Å². The number of esters is 1. The molecule has 0 heterocycles. The van der Waals surface area contributed by atoms with Crippen molar-refractivity contribution >= 4 is 55.1 Å². The third-order valence-electron chi connectivity index (χ3n) is 6.24. The summed E-state index contributed by atoms with van der Waals surface area (Å²) in [4.78, 5) is 23.5. The Morgan fingerprint density at radius 1 is 0.644 bits per heavy atom. The number of sulfonamides is 2. The van der Waals surface area contributed by atoms with Crippen molar-refractivity contribution in [2.24, 2.45) is 5.73 Å². The maximum atomic E-state index is 12.4. The molecule has 0 spiro atoms. The number of ether oxygens (including phenoxy) is 1. The Balaban J connectivity index is 0.000000246. The van der Waals surface area contributed by atoms with Gasteiger partial charge in [0, 0.05) is 10.0 Å². The van der Waals surface area contributed by atoms with Gasteiger partial charge < -0.3 is 10.5 Å². The van der Waals surface area contributed by atoms with Crippen molar-refractivity contribution < 1.29 is 31.2 Å². The van der Waals surface area contributed by atoms with Crippen LogP contribution in [0.25, 0.3) is 0 Å². The fourth-order valence-corrected chi connectivity index (χ4v) is 6.59. The molecule has 0 fully saturated rings. The minimum Gasteiger partial charge on any atom is -0.468 e. The first kappa shape index (κ1) is 35.7. The molecule has 4 rings (SSSR count). The lowest BCUT2D eigenvalue weighted by Crippen LogP contribution is -2.45. The van der Waals surface area contributed by atoms with Gasteiger partial charge in [0.1, 0.15) is 12.1 Å². The van der Waals surface area contributed by atoms with Crippen LogP contribution >= 0.6 is 23.2 Å². The van der Waals surface area contributed by atoms with Gasteiger partial charge in [0.25, 0.3) is 0 Å². The minimum atomic E-state index is -3.86. The predicted molar refractivity (Wildman–Crippen MR) is 173 cm³/mol. The molecular formula is C31H31Cl2N3O7S2. The van der Waals surface area contributed by atoms with Crippen LogP contribution in [0.2, 0.25) is 10.0 Å². The standard InChI is InChI=1S/C16H16ClNO4S.C15H15ClN2O3S/c1-22-16(19)15(11-12-5-3-2-4-6-12)18-23(20,21)14-9-7-13(17)8-10-14;16-12-6-8-13(9-7-12)22(20,21)18-14(15(17)19)10-11-4-2-1-3-5-11/h2-10,15,18H,11H2,1H3;1-9,14,18H,10H2,(H2,17,19). The molecule has 0 aromatic heterocycles. The fraction of sp³-hybridized carbons (Fsp3) is 0.161. The van der Waals surface area contributed by atoms with Crippen molar-refractivity contribution in [2.75, 3.05) is 7.11 Å². The van der Waals surface area contributed by atoms with E-state index in [2.05, 4.69) is 9.44 Å². The molecule has 10 nitrogen and oxygen atoms in total. The van der Waals surface area contributed by atoms with E-state index in [9.17, 15) is 26.4 Å². The van der Waals surface area contributed by atoms with E-state index >= 15 is 0 Å². The number of carbonyl (C=O) groups excluding carboxylic acids is 2. The van der Waals surface area contributed by atoms with Crippen molar-refractivity contribution in [1.82, 2.24) is 9.44 Å². The maximum Gasteiger partial charge on any atom is 0.324 e. The molecule has 0 saturated heterocycles. The van der Waals surface area contributed by atoms with Crippen LogP contribution in [-0.2, 0) is 47.2 Å². The van der Waals surface area contributed by atoms with Crippen LogP contribution in [0.15, 0.2) is 119 Å². The van der Waals surface area contributed by atoms with Gasteiger partial charge >= 0.3 is 5.97 Å². The number of amides is 1. The highest BCUT2D eigenvalue weighted by atomic mass is 35.5. The quantitative estimate of drug-likeness (QED) is 0.188. The number of methoxy groups -OCH3 is 1. The van der Waals surface area contributed by atoms with Gasteiger partial charge in [-0.05, 0) is 72.5 Å². The number of rotatable bonds is 12. The molecule has 2 atom stereocenters. The molecule has 2 unspecified atom stereocenters. The molecule has 0 aliphatic heterocycles. The van der Waals surface area contributed by atoms with Gasteiger partial charge in [-0.15, -0.1) is 0 Å². The molecule has 0 aliphatic carbocycles. The van der Waals surface area contributed by atoms with Crippen LogP contribution in [0.4, 0.5) is 0 Å². The molecule has 0 saturated carbocycles. The molecule has 1 amide bonds. The van der Waals surface area contributed by atoms with E-state index in [0.717, 1.165) is 11.1 Å². The molecule has 0 radical (unpaired) electrons. The van der Waals surface area contributed by atoms with Gasteiger partial charge in [-0.3, -0.25) is 9.59 Å². The lowest BCUT2D eigenvalue weighted by molar-refractivity contribution is -0.142. The largest absolute Gasteiger partial charge is 0.468 e. The Hall–Kier alpha value is -3.78. The lowest BCUT2D eigenvalue weighted by Gasteiger charge is -2.17. The number of benzene rings is 4. The first-order chi connectivity index (χ1) is 21.3. The summed E-state index contributed by atoms with van der Waals surface area (Å²) in [5, 5.41) is 0.854. The number of nitrogens with one attached hydrogen (secondary N) is 2. The van der Waals surface area contributed by atoms with Gasteiger partial charge in [0.2, 0.25) is 26.0 Å². The smallest absolute Gasteiger partial charge is 0.324 e. The minimum absolute atomic E-state index is 0.0243. The zero-order valence-corrected chi connectivity index (χ0v) is 27.1. The van der Waals surface area contributed by atoms with Gasteiger partial charge in [-0.2, -0.15) is 9.44 Å². The molecule has 0 aliphatic rings. The number of halogens is 2. The van der Waals surface area contributed by atoms with Crippen molar-refractivity contribution in [1.29, 1.82) is 0 Å². The second-order valence-electron chi connectivity index (χ2n) is 9.56. The monoisotopic (exact) mass is 691 g/mol. The first-order valence-corrected chi connectivity index (χ1v) is 17.0. The van der Waals surface area contributed by atoms with Gasteiger partial charge in [0.05, 0.1) is 16.9 Å². The summed E-state index contributed by atoms with van der Waals surface area (Å²) in [6.07, 6.45) is 0.378. The van der Waals surface area contributed by atoms with Crippen LogP contribution < -0.4 is 15.2 Å². The van der Waals surface area contributed by atoms with Gasteiger partial charge in [0.15, 0.2) is 0 Å². The van der Waals surface area contributed by atoms with Crippen LogP contribution in [0.3, 0.4) is 0 Å². The van der Waals surface area contributed by atoms with E-state index in [1.807, 2.05) is 36.4 Å². The van der Waals surface area contributed by atoms with Crippen molar-refractivity contribution in [3.8, 4) is 0 Å². The highest BCUT2D eigenvalue weighted by molar-refractivity contribution is 7.89. The van der Waals surface area contributed by atoms with E-state index in [0.29, 0.717) is 10.0 Å². The number of hydrogen-bond acceptors (Lipinski definition) is 7. The lowest BCUT2D eigenvalue weighted by atomic mass is 10.1. The average Bonchev–Trinajstić information content (AvgIpc) is 3.01. The molecule has 14 heteroatoms. The normalized spacial score (nSPS) is 12.7. The Labute approximate surface area is 272 Å². The van der Waals surface area contributed by atoms with E-state index in [1.165, 1.54) is 55.6 Å². The third kappa shape index (κ3) is 11.3. The Morgan fingerprint density at radius 3 is 1.36 bits per heavy atom. The average molecular weight is 693 g/mol. The Morgan fingerprint density at radius 2 is 1.00 bits per heavy atom. The summed E-state index contributed by atoms with van der Waals surface area (Å²) in [7, 11) is -6.49. The molecule has 238 valence electrons. The summed E-state index contributed by atoms with van der Waals surface area (Å²) in [6.45, 7) is 0. The zero-order valence-electron chi connectivity index (χ0n) is 24.0. The van der Waals surface area contributed by atoms with E-state index in [-0.39, 0.29) is 22.6 Å². The summed E-state index contributed by atoms with van der Waals surface area (Å²) >= 11 is 11.5. The third-order valence-corrected chi connectivity index (χ3v) is 9.72. The van der Waals surface area contributed by atoms with E-state index in [4.69, 9.17) is 33.7 Å². The molecular weight excluding hydrogens is 661 g/mol. The number of hydrogen-bond donors (Lipinski definition) is 3. The predicted octanol–water partition coefficient (Wildman–Crippen LogP) is 4.12. The highest BCUT2D eigenvalue weighted by Crippen LogP contribution is 2.17.